The fraction of sp³-hybridized carbons (Fsp3) is 0.579. The molecule has 1 amide bonds. The number of carbonyl (C=O) groups excluding carboxylic acids is 1. The molecule has 0 bridgehead atoms. The van der Waals surface area contributed by atoms with Crippen molar-refractivity contribution in [3.8, 4) is 11.5 Å². The monoisotopic (exact) mass is 347 g/mol. The molecule has 1 aliphatic heterocycles. The number of hydrogen-bond donors (Lipinski definition) is 1. The summed E-state index contributed by atoms with van der Waals surface area (Å²) in [6.45, 7) is 1.27. The summed E-state index contributed by atoms with van der Waals surface area (Å²) >= 11 is 0. The Morgan fingerprint density at radius 3 is 2.12 bits per heavy atom. The van der Waals surface area contributed by atoms with Gasteiger partial charge in [-0.1, -0.05) is 0 Å². The minimum atomic E-state index is -0.737. The van der Waals surface area contributed by atoms with Crippen LogP contribution in [0.15, 0.2) is 12.1 Å². The molecule has 25 heavy (non-hydrogen) atoms. The number of fused-ring (bicyclic) bond motifs is 1. The van der Waals surface area contributed by atoms with Crippen LogP contribution in [0.1, 0.15) is 36.8 Å². The lowest BCUT2D eigenvalue weighted by atomic mass is 9.81. The van der Waals surface area contributed by atoms with Gasteiger partial charge in [-0.3, -0.25) is 9.59 Å². The maximum absolute atomic E-state index is 12.8. The summed E-state index contributed by atoms with van der Waals surface area (Å²) in [7, 11) is 3.23. The fourth-order valence-electron chi connectivity index (χ4n) is 3.92. The van der Waals surface area contributed by atoms with Crippen LogP contribution >= 0.6 is 0 Å². The highest BCUT2D eigenvalue weighted by molar-refractivity contribution is 5.80. The first-order valence-electron chi connectivity index (χ1n) is 8.78. The topological polar surface area (TPSA) is 76.1 Å². The molecule has 6 nitrogen and oxygen atoms in total. The van der Waals surface area contributed by atoms with Crippen LogP contribution in [0.4, 0.5) is 0 Å². The molecule has 1 aromatic rings. The molecule has 6 heteroatoms. The number of hydrogen-bond acceptors (Lipinski definition) is 4. The summed E-state index contributed by atoms with van der Waals surface area (Å²) in [6.07, 6.45) is 3.34. The van der Waals surface area contributed by atoms with Gasteiger partial charge in [-0.25, -0.2) is 0 Å². The number of nitrogens with zero attached hydrogens (tertiary/aromatic N) is 1. The number of ether oxygens (including phenoxy) is 2. The highest BCUT2D eigenvalue weighted by atomic mass is 16.5. The Hall–Kier alpha value is -2.24. The maximum Gasteiger partial charge on any atom is 0.306 e. The molecule has 1 fully saturated rings. The minimum Gasteiger partial charge on any atom is -0.493 e. The van der Waals surface area contributed by atoms with Crippen molar-refractivity contribution in [1.29, 1.82) is 0 Å². The summed E-state index contributed by atoms with van der Waals surface area (Å²) in [5.41, 5.74) is 2.28. The van der Waals surface area contributed by atoms with E-state index >= 15 is 0 Å². The molecule has 0 radical (unpaired) electrons. The standard InChI is InChI=1S/C19H25NO5/c1-24-16-9-14-7-8-20(11-15(14)10-17(16)25-2)18(21)12-3-5-13(6-4-12)19(22)23/h9-10,12-13H,3-8,11H2,1-2H3,(H,22,23). The molecule has 3 rings (SSSR count). The number of amides is 1. The number of aliphatic carboxylic acids is 1. The van der Waals surface area contributed by atoms with Crippen molar-refractivity contribution < 1.29 is 24.2 Å². The molecule has 0 aromatic heterocycles. The first-order chi connectivity index (χ1) is 12.0. The second kappa shape index (κ2) is 7.33. The number of carbonyl (C=O) groups is 2. The summed E-state index contributed by atoms with van der Waals surface area (Å²) in [5.74, 6) is 0.480. The number of benzene rings is 1. The number of carboxylic acid groups (broad SMARTS) is 1. The lowest BCUT2D eigenvalue weighted by molar-refractivity contribution is -0.146. The van der Waals surface area contributed by atoms with Gasteiger partial charge in [0.1, 0.15) is 0 Å². The van der Waals surface area contributed by atoms with E-state index in [0.29, 0.717) is 50.3 Å². The smallest absolute Gasteiger partial charge is 0.306 e. The summed E-state index contributed by atoms with van der Waals surface area (Å²) < 4.78 is 10.7. The molecule has 1 N–H and O–H groups in total. The van der Waals surface area contributed by atoms with Crippen molar-refractivity contribution in [2.24, 2.45) is 11.8 Å². The molecule has 1 heterocycles. The second-order valence-electron chi connectivity index (χ2n) is 6.87. The normalized spacial score (nSPS) is 22.9. The maximum atomic E-state index is 12.8. The Morgan fingerprint density at radius 1 is 1.00 bits per heavy atom. The molecule has 0 unspecified atom stereocenters. The van der Waals surface area contributed by atoms with E-state index in [9.17, 15) is 9.59 Å². The molecule has 0 atom stereocenters. The first kappa shape index (κ1) is 17.6. The zero-order valence-electron chi connectivity index (χ0n) is 14.8. The molecule has 1 aromatic carbocycles. The predicted molar refractivity (Wildman–Crippen MR) is 91.8 cm³/mol. The van der Waals surface area contributed by atoms with Crippen molar-refractivity contribution in [2.75, 3.05) is 20.8 Å². The Balaban J connectivity index is 1.68. The van der Waals surface area contributed by atoms with Gasteiger partial charge in [0, 0.05) is 19.0 Å². The van der Waals surface area contributed by atoms with Crippen LogP contribution in [0.2, 0.25) is 0 Å². The highest BCUT2D eigenvalue weighted by Crippen LogP contribution is 2.35. The molecule has 0 spiro atoms. The van der Waals surface area contributed by atoms with Crippen LogP contribution in [-0.2, 0) is 22.6 Å². The average Bonchev–Trinajstić information content (AvgIpc) is 2.65. The second-order valence-corrected chi connectivity index (χ2v) is 6.87. The van der Waals surface area contributed by atoms with E-state index in [1.807, 2.05) is 17.0 Å². The van der Waals surface area contributed by atoms with Crippen LogP contribution in [0.5, 0.6) is 11.5 Å². The molecule has 2 aliphatic rings. The van der Waals surface area contributed by atoms with Gasteiger partial charge in [0.2, 0.25) is 5.91 Å². The fourth-order valence-corrected chi connectivity index (χ4v) is 3.92. The van der Waals surface area contributed by atoms with E-state index in [4.69, 9.17) is 14.6 Å². The van der Waals surface area contributed by atoms with Gasteiger partial charge in [-0.15, -0.1) is 0 Å². The van der Waals surface area contributed by atoms with Crippen LogP contribution in [-0.4, -0.2) is 42.6 Å². The Bertz CT molecular complexity index is 664. The van der Waals surface area contributed by atoms with E-state index in [-0.39, 0.29) is 17.7 Å². The van der Waals surface area contributed by atoms with E-state index < -0.39 is 5.97 Å². The van der Waals surface area contributed by atoms with Gasteiger partial charge in [-0.05, 0) is 55.4 Å². The van der Waals surface area contributed by atoms with Gasteiger partial charge in [0.05, 0.1) is 20.1 Å². The van der Waals surface area contributed by atoms with Crippen molar-refractivity contribution in [3.63, 3.8) is 0 Å². The van der Waals surface area contributed by atoms with Crippen molar-refractivity contribution in [2.45, 2.75) is 38.6 Å². The first-order valence-corrected chi connectivity index (χ1v) is 8.78. The Labute approximate surface area is 147 Å². The molecule has 1 saturated carbocycles. The lowest BCUT2D eigenvalue weighted by Gasteiger charge is -2.34. The zero-order chi connectivity index (χ0) is 18.0. The predicted octanol–water partition coefficient (Wildman–Crippen LogP) is 2.48. The van der Waals surface area contributed by atoms with Crippen molar-refractivity contribution in [1.82, 2.24) is 4.90 Å². The van der Waals surface area contributed by atoms with Crippen molar-refractivity contribution in [3.05, 3.63) is 23.3 Å². The van der Waals surface area contributed by atoms with E-state index in [1.54, 1.807) is 14.2 Å². The third-order valence-electron chi connectivity index (χ3n) is 5.46. The quantitative estimate of drug-likeness (QED) is 0.905. The van der Waals surface area contributed by atoms with Crippen LogP contribution in [0, 0.1) is 11.8 Å². The van der Waals surface area contributed by atoms with Gasteiger partial charge in [0.25, 0.3) is 0 Å². The van der Waals surface area contributed by atoms with Gasteiger partial charge >= 0.3 is 5.97 Å². The van der Waals surface area contributed by atoms with Crippen molar-refractivity contribution >= 4 is 11.9 Å². The van der Waals surface area contributed by atoms with Gasteiger partial charge in [0.15, 0.2) is 11.5 Å². The van der Waals surface area contributed by atoms with E-state index in [0.717, 1.165) is 12.0 Å². The highest BCUT2D eigenvalue weighted by Gasteiger charge is 2.33. The van der Waals surface area contributed by atoms with Gasteiger partial charge < -0.3 is 19.5 Å². The van der Waals surface area contributed by atoms with Crippen LogP contribution < -0.4 is 9.47 Å². The molecular weight excluding hydrogens is 322 g/mol. The number of methoxy groups -OCH3 is 2. The third kappa shape index (κ3) is 3.57. The molecular formula is C19H25NO5. The lowest BCUT2D eigenvalue weighted by Crippen LogP contribution is -2.41. The largest absolute Gasteiger partial charge is 0.493 e. The number of carboxylic acids is 1. The minimum absolute atomic E-state index is 0.0442. The summed E-state index contributed by atoms with van der Waals surface area (Å²) in [5, 5.41) is 9.10. The Kier molecular flexibility index (Phi) is 5.16. The number of rotatable bonds is 4. The average molecular weight is 347 g/mol. The summed E-state index contributed by atoms with van der Waals surface area (Å²) in [6, 6.07) is 3.95. The van der Waals surface area contributed by atoms with E-state index in [1.165, 1.54) is 5.56 Å². The summed E-state index contributed by atoms with van der Waals surface area (Å²) in [4.78, 5) is 25.8. The van der Waals surface area contributed by atoms with Gasteiger partial charge in [-0.2, -0.15) is 0 Å². The SMILES string of the molecule is COc1cc2c(cc1OC)CN(C(=O)C1CCC(C(=O)O)CC1)CC2. The molecule has 1 aliphatic carbocycles. The Morgan fingerprint density at radius 2 is 1.56 bits per heavy atom. The zero-order valence-corrected chi connectivity index (χ0v) is 14.8. The van der Waals surface area contributed by atoms with Crippen LogP contribution in [0.25, 0.3) is 0 Å². The molecule has 136 valence electrons. The third-order valence-corrected chi connectivity index (χ3v) is 5.46. The van der Waals surface area contributed by atoms with E-state index in [2.05, 4.69) is 0 Å². The van der Waals surface area contributed by atoms with Crippen LogP contribution in [0.3, 0.4) is 0 Å². The molecule has 0 saturated heterocycles.